The summed E-state index contributed by atoms with van der Waals surface area (Å²) in [6, 6.07) is 2.01. The topological polar surface area (TPSA) is 48.0 Å². The Hall–Kier alpha value is -0.770. The van der Waals surface area contributed by atoms with Crippen LogP contribution in [0.5, 0.6) is 0 Å². The molecule has 0 aromatic carbocycles. The first-order chi connectivity index (χ1) is 7.18. The van der Waals surface area contributed by atoms with Gasteiger partial charge in [-0.2, -0.15) is 0 Å². The standard InChI is InChI=1S/C11H15BrN2O/c12-8-6-10(13)11(15)14(7-8)9-4-2-1-3-5-9/h6-7,9H,1-5,13H2. The number of aromatic nitrogens is 1. The van der Waals surface area contributed by atoms with E-state index in [1.165, 1.54) is 19.3 Å². The first-order valence-electron chi connectivity index (χ1n) is 5.35. The van der Waals surface area contributed by atoms with Gasteiger partial charge < -0.3 is 10.3 Å². The Balaban J connectivity index is 2.38. The lowest BCUT2D eigenvalue weighted by Crippen LogP contribution is -2.27. The highest BCUT2D eigenvalue weighted by atomic mass is 79.9. The summed E-state index contributed by atoms with van der Waals surface area (Å²) in [5.41, 5.74) is 5.94. The Morgan fingerprint density at radius 2 is 2.00 bits per heavy atom. The summed E-state index contributed by atoms with van der Waals surface area (Å²) in [6.45, 7) is 0. The molecule has 2 N–H and O–H groups in total. The second-order valence-electron chi connectivity index (χ2n) is 4.12. The number of hydrogen-bond donors (Lipinski definition) is 1. The van der Waals surface area contributed by atoms with Crippen LogP contribution >= 0.6 is 15.9 Å². The molecule has 1 aromatic rings. The molecule has 1 saturated carbocycles. The normalized spacial score (nSPS) is 17.9. The number of nitrogens with two attached hydrogens (primary N) is 1. The summed E-state index contributed by atoms with van der Waals surface area (Å²) in [6.07, 6.45) is 7.75. The first kappa shape index (κ1) is 10.7. The van der Waals surface area contributed by atoms with Crippen molar-refractivity contribution in [3.63, 3.8) is 0 Å². The highest BCUT2D eigenvalue weighted by molar-refractivity contribution is 9.10. The summed E-state index contributed by atoms with van der Waals surface area (Å²) < 4.78 is 2.67. The summed E-state index contributed by atoms with van der Waals surface area (Å²) in [5.74, 6) is 0. The summed E-state index contributed by atoms with van der Waals surface area (Å²) >= 11 is 3.37. The maximum absolute atomic E-state index is 11.8. The molecule has 0 spiro atoms. The quantitative estimate of drug-likeness (QED) is 0.853. The largest absolute Gasteiger partial charge is 0.394 e. The van der Waals surface area contributed by atoms with Crippen LogP contribution in [-0.4, -0.2) is 4.57 Å². The van der Waals surface area contributed by atoms with E-state index in [4.69, 9.17) is 5.73 Å². The smallest absolute Gasteiger partial charge is 0.273 e. The zero-order valence-corrected chi connectivity index (χ0v) is 10.2. The van der Waals surface area contributed by atoms with Crippen molar-refractivity contribution < 1.29 is 0 Å². The fourth-order valence-corrected chi connectivity index (χ4v) is 2.69. The van der Waals surface area contributed by atoms with Crippen molar-refractivity contribution in [3.8, 4) is 0 Å². The molecule has 15 heavy (non-hydrogen) atoms. The van der Waals surface area contributed by atoms with Gasteiger partial charge in [-0.1, -0.05) is 19.3 Å². The molecule has 0 amide bonds. The van der Waals surface area contributed by atoms with Gasteiger partial charge in [-0.3, -0.25) is 4.79 Å². The van der Waals surface area contributed by atoms with E-state index in [0.717, 1.165) is 17.3 Å². The SMILES string of the molecule is Nc1cc(Br)cn(C2CCCCC2)c1=O. The van der Waals surface area contributed by atoms with Gasteiger partial charge in [0.15, 0.2) is 0 Å². The van der Waals surface area contributed by atoms with E-state index >= 15 is 0 Å². The van der Waals surface area contributed by atoms with Crippen LogP contribution < -0.4 is 11.3 Å². The third-order valence-electron chi connectivity index (χ3n) is 3.01. The monoisotopic (exact) mass is 270 g/mol. The van der Waals surface area contributed by atoms with Crippen molar-refractivity contribution in [2.75, 3.05) is 5.73 Å². The zero-order valence-electron chi connectivity index (χ0n) is 8.58. The van der Waals surface area contributed by atoms with Crippen LogP contribution in [0.15, 0.2) is 21.5 Å². The lowest BCUT2D eigenvalue weighted by molar-refractivity contribution is 0.346. The van der Waals surface area contributed by atoms with Crippen molar-refractivity contribution >= 4 is 21.6 Å². The van der Waals surface area contributed by atoms with Crippen LogP contribution in [0.4, 0.5) is 5.69 Å². The third kappa shape index (κ3) is 2.25. The molecule has 1 aromatic heterocycles. The van der Waals surface area contributed by atoms with Gasteiger partial charge in [0.1, 0.15) is 0 Å². The van der Waals surface area contributed by atoms with Crippen LogP contribution in [0.25, 0.3) is 0 Å². The van der Waals surface area contributed by atoms with Gasteiger partial charge in [-0.25, -0.2) is 0 Å². The van der Waals surface area contributed by atoms with Crippen LogP contribution in [-0.2, 0) is 0 Å². The summed E-state index contributed by atoms with van der Waals surface area (Å²) in [7, 11) is 0. The second kappa shape index (κ2) is 4.39. The van der Waals surface area contributed by atoms with Gasteiger partial charge in [0.25, 0.3) is 5.56 Å². The molecule has 82 valence electrons. The van der Waals surface area contributed by atoms with Gasteiger partial charge in [-0.15, -0.1) is 0 Å². The molecule has 3 nitrogen and oxygen atoms in total. The Kier molecular flexibility index (Phi) is 3.14. The number of pyridine rings is 1. The van der Waals surface area contributed by atoms with Crippen LogP contribution in [0, 0.1) is 0 Å². The fraction of sp³-hybridized carbons (Fsp3) is 0.545. The summed E-state index contributed by atoms with van der Waals surface area (Å²) in [5, 5.41) is 0. The second-order valence-corrected chi connectivity index (χ2v) is 5.03. The molecule has 0 unspecified atom stereocenters. The minimum absolute atomic E-state index is 0.0508. The molecule has 0 atom stereocenters. The van der Waals surface area contributed by atoms with Crippen LogP contribution in [0.1, 0.15) is 38.1 Å². The molecule has 0 bridgehead atoms. The first-order valence-corrected chi connectivity index (χ1v) is 6.15. The van der Waals surface area contributed by atoms with Crippen LogP contribution in [0.3, 0.4) is 0 Å². The number of nitrogens with zero attached hydrogens (tertiary/aromatic N) is 1. The zero-order chi connectivity index (χ0) is 10.8. The third-order valence-corrected chi connectivity index (χ3v) is 3.44. The van der Waals surface area contributed by atoms with Crippen LogP contribution in [0.2, 0.25) is 0 Å². The Bertz CT molecular complexity index is 408. The molecule has 0 aliphatic heterocycles. The number of anilines is 1. The number of nitrogen functional groups attached to an aromatic ring is 1. The van der Waals surface area contributed by atoms with Crippen molar-refractivity contribution in [1.82, 2.24) is 4.57 Å². The minimum atomic E-state index is -0.0508. The molecular formula is C11H15BrN2O. The fourth-order valence-electron chi connectivity index (χ4n) is 2.22. The van der Waals surface area contributed by atoms with Gasteiger partial charge in [-0.05, 0) is 34.8 Å². The average molecular weight is 271 g/mol. The molecule has 1 aliphatic carbocycles. The average Bonchev–Trinajstić information content (AvgIpc) is 2.24. The van der Waals surface area contributed by atoms with E-state index in [9.17, 15) is 4.79 Å². The maximum Gasteiger partial charge on any atom is 0.273 e. The molecule has 0 radical (unpaired) electrons. The van der Waals surface area contributed by atoms with Crippen molar-refractivity contribution in [2.45, 2.75) is 38.1 Å². The van der Waals surface area contributed by atoms with Gasteiger partial charge >= 0.3 is 0 Å². The Morgan fingerprint density at radius 1 is 1.33 bits per heavy atom. The molecule has 0 saturated heterocycles. The Labute approximate surface area is 97.4 Å². The lowest BCUT2D eigenvalue weighted by atomic mass is 9.95. The molecular weight excluding hydrogens is 256 g/mol. The lowest BCUT2D eigenvalue weighted by Gasteiger charge is -2.24. The van der Waals surface area contributed by atoms with Gasteiger partial charge in [0.05, 0.1) is 5.69 Å². The van der Waals surface area contributed by atoms with Crippen molar-refractivity contribution in [1.29, 1.82) is 0 Å². The molecule has 4 heteroatoms. The van der Waals surface area contributed by atoms with E-state index in [-0.39, 0.29) is 5.56 Å². The van der Waals surface area contributed by atoms with Gasteiger partial charge in [0.2, 0.25) is 0 Å². The van der Waals surface area contributed by atoms with E-state index in [1.807, 2.05) is 6.20 Å². The highest BCUT2D eigenvalue weighted by Gasteiger charge is 2.17. The predicted molar refractivity (Wildman–Crippen MR) is 64.9 cm³/mol. The van der Waals surface area contributed by atoms with Crippen molar-refractivity contribution in [3.05, 3.63) is 27.1 Å². The molecule has 1 aliphatic rings. The molecule has 1 fully saturated rings. The van der Waals surface area contributed by atoms with E-state index in [0.29, 0.717) is 11.7 Å². The van der Waals surface area contributed by atoms with E-state index < -0.39 is 0 Å². The van der Waals surface area contributed by atoms with Gasteiger partial charge in [0, 0.05) is 16.7 Å². The molecule has 2 rings (SSSR count). The number of hydrogen-bond acceptors (Lipinski definition) is 2. The molecule has 1 heterocycles. The summed E-state index contributed by atoms with van der Waals surface area (Å²) in [4.78, 5) is 11.8. The maximum atomic E-state index is 11.8. The van der Waals surface area contributed by atoms with Crippen molar-refractivity contribution in [2.24, 2.45) is 0 Å². The number of rotatable bonds is 1. The van der Waals surface area contributed by atoms with E-state index in [2.05, 4.69) is 15.9 Å². The highest BCUT2D eigenvalue weighted by Crippen LogP contribution is 2.27. The minimum Gasteiger partial charge on any atom is -0.394 e. The van der Waals surface area contributed by atoms with E-state index in [1.54, 1.807) is 10.6 Å². The number of halogens is 1. The predicted octanol–water partition coefficient (Wildman–Crippen LogP) is 2.70. The Morgan fingerprint density at radius 3 is 2.67 bits per heavy atom.